The van der Waals surface area contributed by atoms with Gasteiger partial charge in [-0.15, -0.1) is 0 Å². The van der Waals surface area contributed by atoms with E-state index in [0.29, 0.717) is 0 Å². The lowest BCUT2D eigenvalue weighted by Crippen LogP contribution is -2.42. The van der Waals surface area contributed by atoms with E-state index in [-0.39, 0.29) is 23.4 Å². The number of carboxylic acids is 1. The van der Waals surface area contributed by atoms with Crippen molar-refractivity contribution >= 4 is 21.7 Å². The van der Waals surface area contributed by atoms with Crippen molar-refractivity contribution in [3.63, 3.8) is 0 Å². The maximum atomic E-state index is 11.8. The molecule has 0 aliphatic heterocycles. The number of carboxylic acid groups (broad SMARTS) is 1. The number of carbonyl (C=O) groups is 2. The van der Waals surface area contributed by atoms with Crippen molar-refractivity contribution in [2.45, 2.75) is 12.5 Å². The van der Waals surface area contributed by atoms with Crippen LogP contribution in [0.2, 0.25) is 0 Å². The average Bonchev–Trinajstić information content (AvgIpc) is 2.42. The minimum atomic E-state index is -3.33. The van der Waals surface area contributed by atoms with Gasteiger partial charge in [0.05, 0.1) is 11.3 Å². The van der Waals surface area contributed by atoms with Gasteiger partial charge in [-0.1, -0.05) is 0 Å². The highest BCUT2D eigenvalue weighted by molar-refractivity contribution is 7.90. The first-order chi connectivity index (χ1) is 9.73. The molecule has 1 amide bonds. The number of rotatable bonds is 6. The van der Waals surface area contributed by atoms with Crippen molar-refractivity contribution in [3.8, 4) is 6.07 Å². The Morgan fingerprint density at radius 3 is 2.57 bits per heavy atom. The van der Waals surface area contributed by atoms with Crippen molar-refractivity contribution in [3.05, 3.63) is 29.6 Å². The van der Waals surface area contributed by atoms with Crippen LogP contribution in [0.1, 0.15) is 22.5 Å². The molecule has 0 radical (unpaired) electrons. The van der Waals surface area contributed by atoms with Gasteiger partial charge in [0.1, 0.15) is 27.6 Å². The predicted octanol–water partition coefficient (Wildman–Crippen LogP) is -0.429. The van der Waals surface area contributed by atoms with Crippen LogP contribution in [0.4, 0.5) is 0 Å². The monoisotopic (exact) mass is 311 g/mol. The molecule has 1 aromatic rings. The van der Waals surface area contributed by atoms with Gasteiger partial charge in [0.25, 0.3) is 5.91 Å². The standard InChI is InChI=1S/C12H13N3O5S/c1-21(19,20)5-4-10(12(17)18)15-11(16)9-3-2-8(6-13)7-14-9/h2-3,7,10H,4-5H2,1H3,(H,15,16)(H,17,18). The van der Waals surface area contributed by atoms with E-state index in [0.717, 1.165) is 6.26 Å². The summed E-state index contributed by atoms with van der Waals surface area (Å²) in [5, 5.41) is 19.8. The number of aliphatic carboxylic acids is 1. The number of amides is 1. The molecule has 0 aliphatic rings. The molecule has 1 unspecified atom stereocenters. The lowest BCUT2D eigenvalue weighted by Gasteiger charge is -2.13. The van der Waals surface area contributed by atoms with Crippen molar-refractivity contribution in [1.29, 1.82) is 5.26 Å². The van der Waals surface area contributed by atoms with Gasteiger partial charge in [-0.3, -0.25) is 4.79 Å². The van der Waals surface area contributed by atoms with Gasteiger partial charge in [-0.05, 0) is 18.6 Å². The van der Waals surface area contributed by atoms with Gasteiger partial charge in [0.15, 0.2) is 0 Å². The van der Waals surface area contributed by atoms with Crippen LogP contribution in [-0.2, 0) is 14.6 Å². The topological polar surface area (TPSA) is 137 Å². The molecule has 1 heterocycles. The molecule has 1 rings (SSSR count). The summed E-state index contributed by atoms with van der Waals surface area (Å²) in [4.78, 5) is 26.5. The molecule has 1 aromatic heterocycles. The lowest BCUT2D eigenvalue weighted by atomic mass is 10.2. The van der Waals surface area contributed by atoms with Gasteiger partial charge in [0.2, 0.25) is 0 Å². The molecule has 0 aromatic carbocycles. The van der Waals surface area contributed by atoms with E-state index in [4.69, 9.17) is 10.4 Å². The van der Waals surface area contributed by atoms with E-state index < -0.39 is 27.8 Å². The fourth-order valence-corrected chi connectivity index (χ4v) is 2.08. The van der Waals surface area contributed by atoms with E-state index >= 15 is 0 Å². The molecule has 0 saturated carbocycles. The first kappa shape index (κ1) is 16.6. The third-order valence-corrected chi connectivity index (χ3v) is 3.48. The molecular formula is C12H13N3O5S. The highest BCUT2D eigenvalue weighted by Crippen LogP contribution is 2.02. The third kappa shape index (κ3) is 5.58. The van der Waals surface area contributed by atoms with Gasteiger partial charge >= 0.3 is 5.97 Å². The number of hydrogen-bond acceptors (Lipinski definition) is 6. The molecule has 8 nitrogen and oxygen atoms in total. The summed E-state index contributed by atoms with van der Waals surface area (Å²) in [5.41, 5.74) is 0.206. The fraction of sp³-hybridized carbons (Fsp3) is 0.333. The number of sulfone groups is 1. The summed E-state index contributed by atoms with van der Waals surface area (Å²) in [6.07, 6.45) is 1.92. The molecule has 112 valence electrons. The molecular weight excluding hydrogens is 298 g/mol. The Morgan fingerprint density at radius 2 is 2.14 bits per heavy atom. The molecule has 1 atom stereocenters. The van der Waals surface area contributed by atoms with Crippen LogP contribution in [0.15, 0.2) is 18.3 Å². The van der Waals surface area contributed by atoms with Crippen LogP contribution in [0.5, 0.6) is 0 Å². The highest BCUT2D eigenvalue weighted by atomic mass is 32.2. The van der Waals surface area contributed by atoms with Gasteiger partial charge in [-0.2, -0.15) is 5.26 Å². The molecule has 21 heavy (non-hydrogen) atoms. The van der Waals surface area contributed by atoms with Crippen molar-refractivity contribution in [2.75, 3.05) is 12.0 Å². The van der Waals surface area contributed by atoms with Gasteiger partial charge < -0.3 is 10.4 Å². The number of hydrogen-bond donors (Lipinski definition) is 2. The Hall–Kier alpha value is -2.47. The summed E-state index contributed by atoms with van der Waals surface area (Å²) in [6.45, 7) is 0. The number of aromatic nitrogens is 1. The number of nitrogens with one attached hydrogen (secondary N) is 1. The van der Waals surface area contributed by atoms with Gasteiger partial charge in [-0.25, -0.2) is 18.2 Å². The van der Waals surface area contributed by atoms with E-state index in [9.17, 15) is 18.0 Å². The number of carbonyl (C=O) groups excluding carboxylic acids is 1. The largest absolute Gasteiger partial charge is 0.480 e. The molecule has 0 spiro atoms. The van der Waals surface area contributed by atoms with E-state index in [2.05, 4.69) is 10.3 Å². The molecule has 0 saturated heterocycles. The Labute approximate surface area is 121 Å². The van der Waals surface area contributed by atoms with Crippen LogP contribution in [0.25, 0.3) is 0 Å². The predicted molar refractivity (Wildman–Crippen MR) is 72.2 cm³/mol. The van der Waals surface area contributed by atoms with Crippen LogP contribution in [-0.4, -0.2) is 48.4 Å². The maximum absolute atomic E-state index is 11.8. The van der Waals surface area contributed by atoms with Crippen LogP contribution >= 0.6 is 0 Å². The number of nitrogens with zero attached hydrogens (tertiary/aromatic N) is 2. The Morgan fingerprint density at radius 1 is 1.48 bits per heavy atom. The van der Waals surface area contributed by atoms with E-state index in [1.807, 2.05) is 6.07 Å². The zero-order valence-corrected chi connectivity index (χ0v) is 11.9. The minimum Gasteiger partial charge on any atom is -0.480 e. The second-order valence-electron chi connectivity index (χ2n) is 4.33. The average molecular weight is 311 g/mol. The minimum absolute atomic E-state index is 0.0559. The normalized spacial score (nSPS) is 12.2. The summed E-state index contributed by atoms with van der Waals surface area (Å²) in [7, 11) is -3.33. The summed E-state index contributed by atoms with van der Waals surface area (Å²) < 4.78 is 22.1. The molecule has 0 aliphatic carbocycles. The van der Waals surface area contributed by atoms with Crippen LogP contribution in [0.3, 0.4) is 0 Å². The number of pyridine rings is 1. The van der Waals surface area contributed by atoms with Crippen molar-refractivity contribution in [1.82, 2.24) is 10.3 Å². The second-order valence-corrected chi connectivity index (χ2v) is 6.59. The number of nitriles is 1. The van der Waals surface area contributed by atoms with Crippen molar-refractivity contribution < 1.29 is 23.1 Å². The molecule has 0 fully saturated rings. The second kappa shape index (κ2) is 6.81. The van der Waals surface area contributed by atoms with Crippen LogP contribution < -0.4 is 5.32 Å². The Kier molecular flexibility index (Phi) is 5.37. The highest BCUT2D eigenvalue weighted by Gasteiger charge is 2.22. The zero-order chi connectivity index (χ0) is 16.0. The molecule has 2 N–H and O–H groups in total. The Balaban J connectivity index is 2.76. The summed E-state index contributed by atoms with van der Waals surface area (Å²) >= 11 is 0. The quantitative estimate of drug-likeness (QED) is 0.727. The van der Waals surface area contributed by atoms with E-state index in [1.54, 1.807) is 0 Å². The molecule has 9 heteroatoms. The van der Waals surface area contributed by atoms with Crippen molar-refractivity contribution in [2.24, 2.45) is 0 Å². The van der Waals surface area contributed by atoms with E-state index in [1.165, 1.54) is 18.3 Å². The summed E-state index contributed by atoms with van der Waals surface area (Å²) in [5.74, 6) is -2.44. The first-order valence-corrected chi connectivity index (χ1v) is 7.86. The zero-order valence-electron chi connectivity index (χ0n) is 11.1. The van der Waals surface area contributed by atoms with Crippen LogP contribution in [0, 0.1) is 11.3 Å². The Bertz CT molecular complexity index is 676. The molecule has 0 bridgehead atoms. The first-order valence-electron chi connectivity index (χ1n) is 5.80. The fourth-order valence-electron chi connectivity index (χ4n) is 1.42. The van der Waals surface area contributed by atoms with Gasteiger partial charge in [0, 0.05) is 12.5 Å². The SMILES string of the molecule is CS(=O)(=O)CCC(NC(=O)c1ccc(C#N)cn1)C(=O)O. The smallest absolute Gasteiger partial charge is 0.326 e. The summed E-state index contributed by atoms with van der Waals surface area (Å²) in [6, 6.07) is 3.16. The maximum Gasteiger partial charge on any atom is 0.326 e. The third-order valence-electron chi connectivity index (χ3n) is 2.51. The lowest BCUT2D eigenvalue weighted by molar-refractivity contribution is -0.139.